The molecule has 3 aliphatic carbocycles. The third-order valence-electron chi connectivity index (χ3n) is 9.03. The van der Waals surface area contributed by atoms with Gasteiger partial charge in [0.2, 0.25) is 17.6 Å². The summed E-state index contributed by atoms with van der Waals surface area (Å²) >= 11 is 0. The molecule has 224 valence electrons. The number of imide groups is 1. The Morgan fingerprint density at radius 2 is 1.61 bits per heavy atom. The predicted octanol–water partition coefficient (Wildman–Crippen LogP) is 5.16. The van der Waals surface area contributed by atoms with Crippen molar-refractivity contribution in [1.29, 1.82) is 0 Å². The smallest absolute Gasteiger partial charge is 0.384 e. The topological polar surface area (TPSA) is 105 Å². The third-order valence-corrected chi connectivity index (χ3v) is 9.03. The number of piperidine rings is 1. The zero-order valence-electron chi connectivity index (χ0n) is 23.0. The fraction of sp³-hybridized carbons (Fsp3) is 0.655. The van der Waals surface area contributed by atoms with E-state index < -0.39 is 41.1 Å². The van der Waals surface area contributed by atoms with Gasteiger partial charge in [-0.1, -0.05) is 25.3 Å². The van der Waals surface area contributed by atoms with Crippen LogP contribution in [0.3, 0.4) is 0 Å². The first-order chi connectivity index (χ1) is 19.5. The van der Waals surface area contributed by atoms with Gasteiger partial charge in [0.15, 0.2) is 0 Å². The molecule has 1 aromatic heterocycles. The highest BCUT2D eigenvalue weighted by molar-refractivity contribution is 5.99. The highest BCUT2D eigenvalue weighted by Gasteiger charge is 2.48. The van der Waals surface area contributed by atoms with Gasteiger partial charge in [-0.3, -0.25) is 24.3 Å². The number of nitrogens with one attached hydrogen (secondary N) is 3. The highest BCUT2D eigenvalue weighted by atomic mass is 19.4. The van der Waals surface area contributed by atoms with Gasteiger partial charge in [-0.2, -0.15) is 13.2 Å². The Hall–Kier alpha value is -3.02. The van der Waals surface area contributed by atoms with Gasteiger partial charge < -0.3 is 10.6 Å². The zero-order chi connectivity index (χ0) is 29.3. The number of hydrogen-bond acceptors (Lipinski definition) is 6. The summed E-state index contributed by atoms with van der Waals surface area (Å²) in [5.41, 5.74) is -1.52. The lowest BCUT2D eigenvalue weighted by Gasteiger charge is -2.50. The number of carbonyl (C=O) groups is 2. The number of rotatable bonds is 11. The number of hydrogen-bond donors (Lipinski definition) is 3. The number of anilines is 1. The average Bonchev–Trinajstić information content (AvgIpc) is 2.93. The van der Waals surface area contributed by atoms with Gasteiger partial charge in [-0.05, 0) is 76.5 Å². The molecule has 6 rings (SSSR count). The van der Waals surface area contributed by atoms with Gasteiger partial charge in [0.25, 0.3) is 5.56 Å². The fourth-order valence-electron chi connectivity index (χ4n) is 6.57. The molecule has 12 heteroatoms. The first-order valence-electron chi connectivity index (χ1n) is 14.6. The standard InChI is InChI=1S/C29H37F4N5O3/c30-27-11-14-28(15-12-27,16-13-27)35-18-5-3-1-2-4-17-34-19-7-6-8-20-23(19)25(41)38(26(36-20)29(31,32)33)21-9-10-22(39)37-24(21)40/h6-8,21,34-35H,1-5,9-18H2,(H,37,39,40). The number of nitrogens with zero attached hydrogens (tertiary/aromatic N) is 2. The number of unbranched alkanes of at least 4 members (excludes halogenated alkanes) is 4. The van der Waals surface area contributed by atoms with Crippen LogP contribution in [-0.2, 0) is 15.8 Å². The number of benzene rings is 1. The van der Waals surface area contributed by atoms with E-state index in [0.29, 0.717) is 36.1 Å². The third kappa shape index (κ3) is 6.42. The molecule has 4 fully saturated rings. The lowest BCUT2D eigenvalue weighted by atomic mass is 9.64. The molecule has 1 unspecified atom stereocenters. The highest BCUT2D eigenvalue weighted by Crippen LogP contribution is 2.48. The molecule has 3 saturated carbocycles. The van der Waals surface area contributed by atoms with E-state index in [2.05, 4.69) is 15.6 Å². The van der Waals surface area contributed by atoms with E-state index in [1.165, 1.54) is 12.1 Å². The SMILES string of the molecule is O=C1CCC(n2c(C(F)(F)F)nc3cccc(NCCCCCCCNC45CCC(F)(CC4)CC5)c3c2=O)C(=O)N1. The minimum atomic E-state index is -4.97. The van der Waals surface area contributed by atoms with Crippen LogP contribution in [0.1, 0.15) is 95.3 Å². The minimum Gasteiger partial charge on any atom is -0.384 e. The van der Waals surface area contributed by atoms with Crippen LogP contribution in [0.25, 0.3) is 10.9 Å². The summed E-state index contributed by atoms with van der Waals surface area (Å²) in [5.74, 6) is -3.00. The van der Waals surface area contributed by atoms with Crippen LogP contribution in [0.4, 0.5) is 23.2 Å². The van der Waals surface area contributed by atoms with E-state index in [4.69, 9.17) is 0 Å². The predicted molar refractivity (Wildman–Crippen MR) is 146 cm³/mol. The molecular weight excluding hydrogens is 542 g/mol. The second-order valence-electron chi connectivity index (χ2n) is 11.8. The normalized spacial score (nSPS) is 26.4. The molecule has 2 heterocycles. The van der Waals surface area contributed by atoms with Crippen molar-refractivity contribution in [3.8, 4) is 0 Å². The largest absolute Gasteiger partial charge is 0.449 e. The van der Waals surface area contributed by atoms with Gasteiger partial charge in [-0.15, -0.1) is 0 Å². The molecule has 4 aliphatic rings. The summed E-state index contributed by atoms with van der Waals surface area (Å²) in [6.07, 6.45) is 4.33. The van der Waals surface area contributed by atoms with Crippen molar-refractivity contribution < 1.29 is 27.2 Å². The maximum Gasteiger partial charge on any atom is 0.449 e. The van der Waals surface area contributed by atoms with Crippen molar-refractivity contribution in [2.75, 3.05) is 18.4 Å². The van der Waals surface area contributed by atoms with E-state index >= 15 is 0 Å². The Morgan fingerprint density at radius 3 is 2.27 bits per heavy atom. The van der Waals surface area contributed by atoms with E-state index in [-0.39, 0.29) is 29.3 Å². The van der Waals surface area contributed by atoms with E-state index in [0.717, 1.165) is 57.9 Å². The molecule has 2 bridgehead atoms. The Labute approximate surface area is 235 Å². The summed E-state index contributed by atoms with van der Waals surface area (Å²) in [7, 11) is 0. The van der Waals surface area contributed by atoms with E-state index in [9.17, 15) is 31.9 Å². The van der Waals surface area contributed by atoms with Crippen molar-refractivity contribution in [1.82, 2.24) is 20.2 Å². The maximum atomic E-state index is 14.4. The van der Waals surface area contributed by atoms with Crippen molar-refractivity contribution in [2.45, 2.75) is 107 Å². The molecular formula is C29H37F4N5O3. The molecule has 0 radical (unpaired) electrons. The van der Waals surface area contributed by atoms with Crippen LogP contribution in [0.5, 0.6) is 0 Å². The Balaban J connectivity index is 1.16. The summed E-state index contributed by atoms with van der Waals surface area (Å²) < 4.78 is 56.5. The summed E-state index contributed by atoms with van der Waals surface area (Å²) in [4.78, 5) is 41.1. The second-order valence-corrected chi connectivity index (χ2v) is 11.8. The first kappa shape index (κ1) is 29.5. The number of carbonyl (C=O) groups excluding carboxylic acids is 2. The Kier molecular flexibility index (Phi) is 8.41. The van der Waals surface area contributed by atoms with Crippen LogP contribution in [0, 0.1) is 0 Å². The van der Waals surface area contributed by atoms with E-state index in [1.54, 1.807) is 6.07 Å². The molecule has 41 heavy (non-hydrogen) atoms. The molecule has 0 spiro atoms. The van der Waals surface area contributed by atoms with Crippen molar-refractivity contribution >= 4 is 28.4 Å². The molecule has 1 aromatic carbocycles. The van der Waals surface area contributed by atoms with Gasteiger partial charge in [0, 0.05) is 24.2 Å². The summed E-state index contributed by atoms with van der Waals surface area (Å²) in [5, 5.41) is 8.87. The molecule has 8 nitrogen and oxygen atoms in total. The Morgan fingerprint density at radius 1 is 0.951 bits per heavy atom. The maximum absolute atomic E-state index is 14.4. The lowest BCUT2D eigenvalue weighted by molar-refractivity contribution is -0.150. The number of halogens is 4. The fourth-order valence-corrected chi connectivity index (χ4v) is 6.57. The quantitative estimate of drug-likeness (QED) is 0.193. The Bertz CT molecular complexity index is 1330. The number of amides is 2. The molecule has 3 N–H and O–H groups in total. The van der Waals surface area contributed by atoms with Crippen LogP contribution in [0.2, 0.25) is 0 Å². The minimum absolute atomic E-state index is 0.0222. The molecule has 2 aromatic rings. The second kappa shape index (κ2) is 11.7. The van der Waals surface area contributed by atoms with Crippen LogP contribution in [0.15, 0.2) is 23.0 Å². The molecule has 1 saturated heterocycles. The van der Waals surface area contributed by atoms with Crippen LogP contribution < -0.4 is 21.5 Å². The van der Waals surface area contributed by atoms with Crippen molar-refractivity contribution in [3.63, 3.8) is 0 Å². The van der Waals surface area contributed by atoms with Gasteiger partial charge in [-0.25, -0.2) is 9.37 Å². The molecule has 2 amide bonds. The molecule has 1 aliphatic heterocycles. The van der Waals surface area contributed by atoms with Crippen molar-refractivity contribution in [3.05, 3.63) is 34.4 Å². The van der Waals surface area contributed by atoms with Gasteiger partial charge in [0.1, 0.15) is 11.7 Å². The number of fused-ring (bicyclic) bond motifs is 4. The molecule has 1 atom stereocenters. The van der Waals surface area contributed by atoms with Gasteiger partial charge >= 0.3 is 6.18 Å². The number of aromatic nitrogens is 2. The van der Waals surface area contributed by atoms with Crippen molar-refractivity contribution in [2.24, 2.45) is 0 Å². The zero-order valence-corrected chi connectivity index (χ0v) is 23.0. The van der Waals surface area contributed by atoms with Crippen LogP contribution >= 0.6 is 0 Å². The average molecular weight is 580 g/mol. The monoisotopic (exact) mass is 579 g/mol. The first-order valence-corrected chi connectivity index (χ1v) is 14.6. The van der Waals surface area contributed by atoms with Gasteiger partial charge in [0.05, 0.1) is 10.9 Å². The lowest BCUT2D eigenvalue weighted by Crippen LogP contribution is -2.56. The number of alkyl halides is 4. The van der Waals surface area contributed by atoms with E-state index in [1.807, 2.05) is 5.32 Å². The summed E-state index contributed by atoms with van der Waals surface area (Å²) in [6, 6.07) is 3.01. The van der Waals surface area contributed by atoms with Crippen LogP contribution in [-0.4, -0.2) is 45.7 Å². The summed E-state index contributed by atoms with van der Waals surface area (Å²) in [6.45, 7) is 1.45.